The van der Waals surface area contributed by atoms with Crippen molar-refractivity contribution in [3.05, 3.63) is 237 Å². The molecule has 0 radical (unpaired) electrons. The van der Waals surface area contributed by atoms with E-state index < -0.39 is 0 Å². The van der Waals surface area contributed by atoms with E-state index in [4.69, 9.17) is 0 Å². The topological polar surface area (TPSA) is 11.4 Å². The molecule has 0 fully saturated rings. The summed E-state index contributed by atoms with van der Waals surface area (Å²) in [5.74, 6) is 0. The highest BCUT2D eigenvalue weighted by Gasteiger charge is 2.20. The van der Waals surface area contributed by atoms with E-state index in [1.165, 1.54) is 79.0 Å². The average molecular weight is 866 g/mol. The summed E-state index contributed by atoms with van der Waals surface area (Å²) in [7, 11) is 0. The van der Waals surface area contributed by atoms with Crippen molar-refractivity contribution in [2.24, 2.45) is 0 Å². The summed E-state index contributed by atoms with van der Waals surface area (Å²) in [5, 5.41) is 7.64. The minimum Gasteiger partial charge on any atom is -0.310 e. The summed E-state index contributed by atoms with van der Waals surface area (Å²) in [4.78, 5) is 4.77. The van der Waals surface area contributed by atoms with E-state index in [1.807, 2.05) is 22.7 Å². The number of hydrogen-bond acceptors (Lipinski definition) is 4. The molecule has 13 rings (SSSR count). The van der Waals surface area contributed by atoms with Crippen molar-refractivity contribution >= 4 is 119 Å². The summed E-state index contributed by atoms with van der Waals surface area (Å²) in [6.07, 6.45) is 0. The molecular formula is C60H39N3S2. The van der Waals surface area contributed by atoms with Gasteiger partial charge in [0.25, 0.3) is 0 Å². The van der Waals surface area contributed by atoms with Crippen LogP contribution in [0.1, 0.15) is 0 Å². The lowest BCUT2D eigenvalue weighted by atomic mass is 10.0. The second-order valence-corrected chi connectivity index (χ2v) is 18.7. The third kappa shape index (κ3) is 6.39. The van der Waals surface area contributed by atoms with Crippen LogP contribution in [0.3, 0.4) is 0 Å². The van der Waals surface area contributed by atoms with Crippen LogP contribution in [0.15, 0.2) is 237 Å². The second-order valence-electron chi connectivity index (χ2n) is 16.6. The smallest absolute Gasteiger partial charge is 0.0547 e. The summed E-state index contributed by atoms with van der Waals surface area (Å²) in [5.41, 5.74) is 12.6. The van der Waals surface area contributed by atoms with Crippen LogP contribution in [0, 0.1) is 0 Å². The highest BCUT2D eigenvalue weighted by molar-refractivity contribution is 7.26. The van der Waals surface area contributed by atoms with Gasteiger partial charge < -0.3 is 14.4 Å². The van der Waals surface area contributed by atoms with E-state index in [0.29, 0.717) is 0 Å². The van der Waals surface area contributed by atoms with E-state index in [2.05, 4.69) is 251 Å². The molecule has 3 nitrogen and oxygen atoms in total. The fraction of sp³-hybridized carbons (Fsp3) is 0. The molecule has 0 aliphatic heterocycles. The van der Waals surface area contributed by atoms with Crippen LogP contribution in [-0.2, 0) is 0 Å². The van der Waals surface area contributed by atoms with Crippen LogP contribution < -0.4 is 9.80 Å². The summed E-state index contributed by atoms with van der Waals surface area (Å²) in [6, 6.07) is 86.4. The number of thiophene rings is 2. The Kier molecular flexibility index (Phi) is 8.90. The molecule has 5 heteroatoms. The lowest BCUT2D eigenvalue weighted by Gasteiger charge is -2.29. The second kappa shape index (κ2) is 15.4. The molecule has 0 N–H and O–H groups in total. The Morgan fingerprint density at radius 1 is 0.262 bits per heavy atom. The molecule has 0 spiro atoms. The van der Waals surface area contributed by atoms with Crippen LogP contribution >= 0.6 is 22.7 Å². The first-order valence-electron chi connectivity index (χ1n) is 22.0. The van der Waals surface area contributed by atoms with Crippen LogP contribution in [0.4, 0.5) is 34.1 Å². The molecule has 0 unspecified atom stereocenters. The predicted octanol–water partition coefficient (Wildman–Crippen LogP) is 18.1. The molecule has 0 atom stereocenters. The van der Waals surface area contributed by atoms with Crippen molar-refractivity contribution in [2.75, 3.05) is 9.80 Å². The van der Waals surface area contributed by atoms with Gasteiger partial charge in [0.15, 0.2) is 0 Å². The van der Waals surface area contributed by atoms with Gasteiger partial charge in [0, 0.05) is 90.9 Å². The number of rotatable bonds is 8. The molecule has 0 aliphatic rings. The number of hydrogen-bond donors (Lipinski definition) is 0. The molecule has 0 aliphatic carbocycles. The Morgan fingerprint density at radius 2 is 0.738 bits per heavy atom. The van der Waals surface area contributed by atoms with Gasteiger partial charge in [-0.1, -0.05) is 121 Å². The highest BCUT2D eigenvalue weighted by atomic mass is 32.1. The van der Waals surface area contributed by atoms with Crippen molar-refractivity contribution in [3.8, 4) is 16.8 Å². The Labute approximate surface area is 384 Å². The van der Waals surface area contributed by atoms with Gasteiger partial charge in [-0.3, -0.25) is 0 Å². The molecule has 306 valence electrons. The quantitative estimate of drug-likeness (QED) is 0.151. The summed E-state index contributed by atoms with van der Waals surface area (Å²) < 4.78 is 7.53. The number of nitrogens with zero attached hydrogens (tertiary/aromatic N) is 3. The minimum atomic E-state index is 1.09. The van der Waals surface area contributed by atoms with Crippen molar-refractivity contribution < 1.29 is 0 Å². The Morgan fingerprint density at radius 3 is 1.51 bits per heavy atom. The minimum absolute atomic E-state index is 1.09. The van der Waals surface area contributed by atoms with Gasteiger partial charge in [0.2, 0.25) is 0 Å². The van der Waals surface area contributed by atoms with E-state index >= 15 is 0 Å². The first-order valence-corrected chi connectivity index (χ1v) is 23.6. The number of fused-ring (bicyclic) bond motifs is 9. The highest BCUT2D eigenvalue weighted by Crippen LogP contribution is 2.46. The van der Waals surface area contributed by atoms with Gasteiger partial charge in [0.05, 0.1) is 11.0 Å². The van der Waals surface area contributed by atoms with Gasteiger partial charge in [-0.05, 0) is 126 Å². The van der Waals surface area contributed by atoms with E-state index in [-0.39, 0.29) is 0 Å². The molecule has 65 heavy (non-hydrogen) atoms. The zero-order valence-electron chi connectivity index (χ0n) is 35.2. The molecule has 3 heterocycles. The van der Waals surface area contributed by atoms with Crippen molar-refractivity contribution in [1.82, 2.24) is 4.57 Å². The largest absolute Gasteiger partial charge is 0.310 e. The monoisotopic (exact) mass is 865 g/mol. The predicted molar refractivity (Wildman–Crippen MR) is 281 cm³/mol. The number of para-hydroxylation sites is 4. The Balaban J connectivity index is 0.952. The molecule has 13 aromatic rings. The van der Waals surface area contributed by atoms with E-state index in [9.17, 15) is 0 Å². The van der Waals surface area contributed by atoms with Crippen LogP contribution in [0.25, 0.3) is 79.0 Å². The Hall–Kier alpha value is -7.96. The number of aromatic nitrogens is 1. The zero-order valence-corrected chi connectivity index (χ0v) is 36.8. The molecule has 10 aromatic carbocycles. The third-order valence-electron chi connectivity index (χ3n) is 12.7. The fourth-order valence-corrected chi connectivity index (χ4v) is 12.0. The lowest BCUT2D eigenvalue weighted by molar-refractivity contribution is 1.18. The van der Waals surface area contributed by atoms with Crippen LogP contribution in [-0.4, -0.2) is 4.57 Å². The van der Waals surface area contributed by atoms with Gasteiger partial charge >= 0.3 is 0 Å². The lowest BCUT2D eigenvalue weighted by Crippen LogP contribution is -2.13. The standard InChI is InChI=1S/C60H39N3S2/c1-4-15-42(16-5-1)61(43-17-6-2-7-18-43)45-21-14-22-46(37-45)62(47-30-34-59-54(38-47)51-24-11-13-26-57(51)64-59)48-29-32-52-53-35-40(28-33-58(53)65-60(52)39-48)41-27-31-50-49-23-10-12-25-55(49)63(56(50)36-41)44-19-8-3-9-20-44/h1-39H. The Bertz CT molecular complexity index is 3860. The normalized spacial score (nSPS) is 11.7. The number of benzene rings is 10. The SMILES string of the molecule is c1ccc(N(c2ccccc2)c2cccc(N(c3ccc4c(c3)sc3ccc(-c5ccc6c7ccccc7n(-c7ccccc7)c6c5)cc34)c3ccc4sc5ccccc5c4c3)c2)cc1. The third-order valence-corrected chi connectivity index (χ3v) is 15.0. The number of anilines is 6. The van der Waals surface area contributed by atoms with Gasteiger partial charge in [-0.15, -0.1) is 22.7 Å². The van der Waals surface area contributed by atoms with Crippen molar-refractivity contribution in [1.29, 1.82) is 0 Å². The molecule has 0 saturated heterocycles. The molecule has 0 amide bonds. The van der Waals surface area contributed by atoms with E-state index in [0.717, 1.165) is 34.1 Å². The van der Waals surface area contributed by atoms with Gasteiger partial charge in [0.1, 0.15) is 0 Å². The first-order chi connectivity index (χ1) is 32.2. The maximum absolute atomic E-state index is 2.43. The van der Waals surface area contributed by atoms with Gasteiger partial charge in [-0.25, -0.2) is 0 Å². The van der Waals surface area contributed by atoms with Crippen molar-refractivity contribution in [3.63, 3.8) is 0 Å². The van der Waals surface area contributed by atoms with Crippen LogP contribution in [0.2, 0.25) is 0 Å². The molecule has 0 bridgehead atoms. The summed E-state index contributed by atoms with van der Waals surface area (Å²) >= 11 is 3.72. The van der Waals surface area contributed by atoms with E-state index in [1.54, 1.807) is 0 Å². The molecular weight excluding hydrogens is 827 g/mol. The maximum atomic E-state index is 2.43. The molecule has 3 aromatic heterocycles. The maximum Gasteiger partial charge on any atom is 0.0547 e. The summed E-state index contributed by atoms with van der Waals surface area (Å²) in [6.45, 7) is 0. The van der Waals surface area contributed by atoms with Gasteiger partial charge in [-0.2, -0.15) is 0 Å². The average Bonchev–Trinajstić information content (AvgIpc) is 4.04. The van der Waals surface area contributed by atoms with Crippen molar-refractivity contribution in [2.45, 2.75) is 0 Å². The first kappa shape index (κ1) is 37.6. The fourth-order valence-electron chi connectivity index (χ4n) is 9.76. The zero-order chi connectivity index (χ0) is 42.8. The van der Waals surface area contributed by atoms with Crippen LogP contribution in [0.5, 0.6) is 0 Å². The molecule has 0 saturated carbocycles.